The molecule has 1 aromatic carbocycles. The smallest absolute Gasteiger partial charge is 0.242 e. The number of pyridine rings is 1. The minimum atomic E-state index is -0.269. The molecule has 3 aliphatic rings. The summed E-state index contributed by atoms with van der Waals surface area (Å²) in [7, 11) is 0. The van der Waals surface area contributed by atoms with Crippen LogP contribution in [0.4, 0.5) is 5.82 Å². The summed E-state index contributed by atoms with van der Waals surface area (Å²) in [6, 6.07) is 10.7. The molecule has 2 saturated heterocycles. The maximum absolute atomic E-state index is 13.3. The van der Waals surface area contributed by atoms with Gasteiger partial charge in [0.1, 0.15) is 17.7 Å². The van der Waals surface area contributed by atoms with E-state index >= 15 is 0 Å². The number of amides is 1. The van der Waals surface area contributed by atoms with Crippen LogP contribution < -0.4 is 10.2 Å². The lowest BCUT2D eigenvalue weighted by Crippen LogP contribution is -2.59. The monoisotopic (exact) mass is 581 g/mol. The quantitative estimate of drug-likeness (QED) is 0.382. The van der Waals surface area contributed by atoms with Gasteiger partial charge in [-0.1, -0.05) is 42.3 Å². The fourth-order valence-electron chi connectivity index (χ4n) is 6.28. The largest absolute Gasteiger partial charge is 0.353 e. The van der Waals surface area contributed by atoms with Crippen LogP contribution in [-0.4, -0.2) is 81.5 Å². The van der Waals surface area contributed by atoms with Crippen molar-refractivity contribution in [2.24, 2.45) is 0 Å². The van der Waals surface area contributed by atoms with Crippen molar-refractivity contribution >= 4 is 34.9 Å². The molecule has 1 aliphatic carbocycles. The second-order valence-electron chi connectivity index (χ2n) is 11.2. The fourth-order valence-corrected chi connectivity index (χ4v) is 6.69. The lowest BCUT2D eigenvalue weighted by Gasteiger charge is -2.48. The van der Waals surface area contributed by atoms with E-state index < -0.39 is 0 Å². The van der Waals surface area contributed by atoms with E-state index in [1.165, 1.54) is 0 Å². The van der Waals surface area contributed by atoms with Crippen molar-refractivity contribution in [2.45, 2.75) is 63.2 Å². The van der Waals surface area contributed by atoms with Gasteiger partial charge in [0.05, 0.1) is 5.02 Å². The lowest BCUT2D eigenvalue weighted by molar-refractivity contribution is -0.127. The highest BCUT2D eigenvalue weighted by atomic mass is 35.5. The number of imidazole rings is 1. The molecule has 1 amide bonds. The number of carbonyl (C=O) groups is 1. The minimum Gasteiger partial charge on any atom is -0.353 e. The second-order valence-corrected chi connectivity index (χ2v) is 12.1. The average Bonchev–Trinajstić information content (AvgIpc) is 3.61. The number of halogens is 2. The van der Waals surface area contributed by atoms with Crippen LogP contribution in [-0.2, 0) is 4.79 Å². The molecular weight excluding hydrogens is 545 g/mol. The molecule has 4 heterocycles. The first-order valence-electron chi connectivity index (χ1n) is 14.5. The predicted molar refractivity (Wildman–Crippen MR) is 160 cm³/mol. The van der Waals surface area contributed by atoms with Crippen molar-refractivity contribution in [3.8, 4) is 11.4 Å². The van der Waals surface area contributed by atoms with Gasteiger partial charge in [0.25, 0.3) is 0 Å². The molecule has 0 spiro atoms. The molecule has 2 aromatic heterocycles. The zero-order valence-electron chi connectivity index (χ0n) is 22.9. The van der Waals surface area contributed by atoms with E-state index in [0.29, 0.717) is 28.2 Å². The summed E-state index contributed by atoms with van der Waals surface area (Å²) in [5.74, 6) is 1.73. The van der Waals surface area contributed by atoms with E-state index in [9.17, 15) is 4.79 Å². The summed E-state index contributed by atoms with van der Waals surface area (Å²) in [5.41, 5.74) is 1.90. The number of rotatable bonds is 8. The first-order valence-corrected chi connectivity index (χ1v) is 15.2. The summed E-state index contributed by atoms with van der Waals surface area (Å²) >= 11 is 12.9. The van der Waals surface area contributed by atoms with Gasteiger partial charge in [-0.2, -0.15) is 0 Å². The third kappa shape index (κ3) is 6.00. The van der Waals surface area contributed by atoms with Gasteiger partial charge in [-0.05, 0) is 55.9 Å². The molecule has 0 unspecified atom stereocenters. The molecule has 0 bridgehead atoms. The van der Waals surface area contributed by atoms with E-state index in [-0.39, 0.29) is 11.9 Å². The number of piperazine rings is 1. The van der Waals surface area contributed by atoms with E-state index in [1.54, 1.807) is 12.4 Å². The zero-order valence-corrected chi connectivity index (χ0v) is 24.4. The van der Waals surface area contributed by atoms with Crippen LogP contribution in [0.3, 0.4) is 0 Å². The van der Waals surface area contributed by atoms with Crippen LogP contribution in [0.15, 0.2) is 48.9 Å². The standard InChI is InChI=1S/C30H37Cl2N7O/c1-2-24-19-38(29-26(32)17-21(18-35-29)28-33-11-12-34-28)15-16-39(24)25-9-13-37(14-10-25)27(30(40)36-23-7-8-23)20-3-5-22(31)6-4-20/h3-6,11-12,17-18,23-25,27H,2,7-10,13-16,19H2,1H3,(H,33,34)(H,36,40)/t24-,27-/m0/s1. The van der Waals surface area contributed by atoms with Crippen LogP contribution >= 0.6 is 23.2 Å². The molecule has 10 heteroatoms. The topological polar surface area (TPSA) is 80.4 Å². The number of hydrogen-bond donors (Lipinski definition) is 2. The second kappa shape index (κ2) is 12.1. The van der Waals surface area contributed by atoms with Crippen LogP contribution in [0.25, 0.3) is 11.4 Å². The highest BCUT2D eigenvalue weighted by molar-refractivity contribution is 6.33. The minimum absolute atomic E-state index is 0.116. The van der Waals surface area contributed by atoms with Crippen LogP contribution in [0, 0.1) is 0 Å². The molecule has 1 saturated carbocycles. The number of benzene rings is 1. The Balaban J connectivity index is 1.10. The number of carbonyl (C=O) groups excluding carboxylic acids is 1. The van der Waals surface area contributed by atoms with Crippen molar-refractivity contribution in [2.75, 3.05) is 37.6 Å². The van der Waals surface area contributed by atoms with Crippen molar-refractivity contribution in [1.82, 2.24) is 30.1 Å². The number of hydrogen-bond acceptors (Lipinski definition) is 6. The zero-order chi connectivity index (χ0) is 27.6. The Kier molecular flexibility index (Phi) is 8.30. The Morgan fingerprint density at radius 1 is 1.07 bits per heavy atom. The molecule has 8 nitrogen and oxygen atoms in total. The van der Waals surface area contributed by atoms with Crippen LogP contribution in [0.5, 0.6) is 0 Å². The molecule has 40 heavy (non-hydrogen) atoms. The normalized spacial score (nSPS) is 21.9. The van der Waals surface area contributed by atoms with Crippen molar-refractivity contribution in [1.29, 1.82) is 0 Å². The number of nitrogens with one attached hydrogen (secondary N) is 2. The number of likely N-dealkylation sites (tertiary alicyclic amines) is 1. The molecular formula is C30H37Cl2N7O. The average molecular weight is 583 g/mol. The highest BCUT2D eigenvalue weighted by Gasteiger charge is 2.38. The molecule has 2 atom stereocenters. The van der Waals surface area contributed by atoms with E-state index in [0.717, 1.165) is 87.6 Å². The van der Waals surface area contributed by atoms with Gasteiger partial charge in [-0.3, -0.25) is 14.6 Å². The maximum atomic E-state index is 13.3. The van der Waals surface area contributed by atoms with Gasteiger partial charge in [0.2, 0.25) is 5.91 Å². The Bertz CT molecular complexity index is 1290. The van der Waals surface area contributed by atoms with E-state index in [2.05, 4.69) is 36.9 Å². The van der Waals surface area contributed by atoms with Crippen LogP contribution in [0.1, 0.15) is 50.6 Å². The van der Waals surface area contributed by atoms with E-state index in [1.807, 2.05) is 36.5 Å². The van der Waals surface area contributed by atoms with Gasteiger partial charge in [-0.25, -0.2) is 9.97 Å². The number of H-pyrrole nitrogens is 1. The first-order chi connectivity index (χ1) is 19.5. The SMILES string of the molecule is CC[C@H]1CN(c2ncc(-c3ncc[nH]3)cc2Cl)CCN1C1CCN([C@H](C(=O)NC2CC2)c2ccc(Cl)cc2)CC1. The Hall–Kier alpha value is -2.65. The van der Waals surface area contributed by atoms with Crippen molar-refractivity contribution in [3.05, 3.63) is 64.5 Å². The summed E-state index contributed by atoms with van der Waals surface area (Å²) in [4.78, 5) is 32.9. The summed E-state index contributed by atoms with van der Waals surface area (Å²) in [6.45, 7) is 6.83. The molecule has 3 fully saturated rings. The highest BCUT2D eigenvalue weighted by Crippen LogP contribution is 2.33. The number of piperidine rings is 1. The summed E-state index contributed by atoms with van der Waals surface area (Å²) in [5, 5.41) is 4.59. The van der Waals surface area contributed by atoms with Crippen molar-refractivity contribution < 1.29 is 4.79 Å². The van der Waals surface area contributed by atoms with E-state index in [4.69, 9.17) is 28.2 Å². The Labute approximate surface area is 246 Å². The molecule has 3 aromatic rings. The number of aromatic amines is 1. The molecule has 212 valence electrons. The summed E-state index contributed by atoms with van der Waals surface area (Å²) < 4.78 is 0. The van der Waals surface area contributed by atoms with Crippen LogP contribution in [0.2, 0.25) is 10.0 Å². The molecule has 6 rings (SSSR count). The Morgan fingerprint density at radius 2 is 1.85 bits per heavy atom. The summed E-state index contributed by atoms with van der Waals surface area (Å²) in [6.07, 6.45) is 10.7. The number of aromatic nitrogens is 3. The molecule has 2 N–H and O–H groups in total. The Morgan fingerprint density at radius 3 is 2.50 bits per heavy atom. The molecule has 0 radical (unpaired) electrons. The van der Waals surface area contributed by atoms with Crippen molar-refractivity contribution in [3.63, 3.8) is 0 Å². The van der Waals surface area contributed by atoms with Gasteiger partial charge in [-0.15, -0.1) is 0 Å². The van der Waals surface area contributed by atoms with Gasteiger partial charge < -0.3 is 15.2 Å². The lowest BCUT2D eigenvalue weighted by atomic mass is 9.95. The maximum Gasteiger partial charge on any atom is 0.242 e. The number of nitrogens with zero attached hydrogens (tertiary/aromatic N) is 5. The van der Waals surface area contributed by atoms with Gasteiger partial charge >= 0.3 is 0 Å². The molecule has 2 aliphatic heterocycles. The third-order valence-corrected chi connectivity index (χ3v) is 9.11. The van der Waals surface area contributed by atoms with Gasteiger partial charge in [0.15, 0.2) is 0 Å². The third-order valence-electron chi connectivity index (χ3n) is 8.58. The first kappa shape index (κ1) is 27.5. The van der Waals surface area contributed by atoms with Gasteiger partial charge in [0, 0.05) is 80.0 Å². The predicted octanol–water partition coefficient (Wildman–Crippen LogP) is 5.16. The number of anilines is 1. The fraction of sp³-hybridized carbons (Fsp3) is 0.500.